The molecular weight excluding hydrogens is 348 g/mol. The van der Waals surface area contributed by atoms with Crippen molar-refractivity contribution in [2.75, 3.05) is 16.8 Å². The number of halogens is 1. The topological polar surface area (TPSA) is 58.1 Å². The van der Waals surface area contributed by atoms with Gasteiger partial charge in [0.2, 0.25) is 5.95 Å². The summed E-state index contributed by atoms with van der Waals surface area (Å²) < 4.78 is 0. The van der Waals surface area contributed by atoms with Crippen LogP contribution in [-0.2, 0) is 6.42 Å². The van der Waals surface area contributed by atoms with Crippen LogP contribution in [0.5, 0.6) is 0 Å². The van der Waals surface area contributed by atoms with Crippen molar-refractivity contribution in [1.29, 1.82) is 0 Å². The summed E-state index contributed by atoms with van der Waals surface area (Å²) >= 11 is 6.13. The van der Waals surface area contributed by atoms with E-state index in [9.17, 15) is 4.79 Å². The summed E-state index contributed by atoms with van der Waals surface area (Å²) in [5, 5.41) is 3.64. The number of aromatic nitrogens is 2. The number of fused-ring (bicyclic) bond motifs is 1. The minimum atomic E-state index is -0.0820. The van der Waals surface area contributed by atoms with Crippen molar-refractivity contribution in [3.63, 3.8) is 0 Å². The molecule has 0 spiro atoms. The molecule has 0 fully saturated rings. The number of rotatable bonds is 3. The molecule has 1 aromatic heterocycles. The summed E-state index contributed by atoms with van der Waals surface area (Å²) in [5.74, 6) is 0.315. The Hall–Kier alpha value is -2.92. The van der Waals surface area contributed by atoms with Crippen LogP contribution in [0.2, 0.25) is 5.02 Å². The van der Waals surface area contributed by atoms with Crippen molar-refractivity contribution < 1.29 is 4.79 Å². The third-order valence-electron chi connectivity index (χ3n) is 4.37. The third kappa shape index (κ3) is 3.26. The number of nitrogens with zero attached hydrogens (tertiary/aromatic N) is 3. The molecule has 1 N–H and O–H groups in total. The molecule has 2 heterocycles. The van der Waals surface area contributed by atoms with Crippen LogP contribution in [-0.4, -0.2) is 22.4 Å². The largest absolute Gasteiger partial charge is 0.323 e. The number of para-hydroxylation sites is 2. The molecule has 2 aromatic carbocycles. The number of hydrogen-bond acceptors (Lipinski definition) is 4. The van der Waals surface area contributed by atoms with E-state index in [-0.39, 0.29) is 5.91 Å². The van der Waals surface area contributed by atoms with E-state index in [1.165, 1.54) is 5.56 Å². The van der Waals surface area contributed by atoms with Gasteiger partial charge in [-0.05, 0) is 36.6 Å². The van der Waals surface area contributed by atoms with Crippen LogP contribution >= 0.6 is 11.6 Å². The van der Waals surface area contributed by atoms with Crippen LogP contribution in [0.25, 0.3) is 0 Å². The molecule has 0 atom stereocenters. The maximum absolute atomic E-state index is 12.9. The zero-order valence-corrected chi connectivity index (χ0v) is 14.8. The average Bonchev–Trinajstić information content (AvgIpc) is 2.69. The molecule has 5 nitrogen and oxygen atoms in total. The third-order valence-corrected chi connectivity index (χ3v) is 4.70. The minimum absolute atomic E-state index is 0.0820. The van der Waals surface area contributed by atoms with E-state index in [4.69, 9.17) is 11.6 Å². The Labute approximate surface area is 156 Å². The lowest BCUT2D eigenvalue weighted by molar-refractivity contribution is 0.0984. The number of benzene rings is 2. The van der Waals surface area contributed by atoms with Crippen LogP contribution in [0.15, 0.2) is 60.9 Å². The molecule has 3 aromatic rings. The van der Waals surface area contributed by atoms with Gasteiger partial charge < -0.3 is 10.2 Å². The minimum Gasteiger partial charge on any atom is -0.323 e. The Morgan fingerprint density at radius 3 is 2.58 bits per heavy atom. The van der Waals surface area contributed by atoms with Crippen molar-refractivity contribution in [3.8, 4) is 0 Å². The molecule has 1 aliphatic rings. The van der Waals surface area contributed by atoms with Gasteiger partial charge in [-0.25, -0.2) is 9.97 Å². The number of nitrogens with one attached hydrogen (secondary N) is 1. The summed E-state index contributed by atoms with van der Waals surface area (Å²) in [7, 11) is 0. The lowest BCUT2D eigenvalue weighted by atomic mass is 10.0. The molecule has 1 aliphatic heterocycles. The lowest BCUT2D eigenvalue weighted by Crippen LogP contribution is -2.35. The summed E-state index contributed by atoms with van der Waals surface area (Å²) in [6.07, 6.45) is 5.05. The van der Waals surface area contributed by atoms with Crippen LogP contribution in [0.3, 0.4) is 0 Å². The smallest absolute Gasteiger partial charge is 0.261 e. The second kappa shape index (κ2) is 7.14. The van der Waals surface area contributed by atoms with Crippen LogP contribution < -0.4 is 10.2 Å². The molecule has 1 amide bonds. The van der Waals surface area contributed by atoms with Gasteiger partial charge in [0.15, 0.2) is 0 Å². The fraction of sp³-hybridized carbons (Fsp3) is 0.150. The number of aryl methyl sites for hydroxylation is 1. The quantitative estimate of drug-likeness (QED) is 0.745. The van der Waals surface area contributed by atoms with Gasteiger partial charge in [0.25, 0.3) is 5.91 Å². The maximum Gasteiger partial charge on any atom is 0.261 e. The van der Waals surface area contributed by atoms with Gasteiger partial charge >= 0.3 is 0 Å². The van der Waals surface area contributed by atoms with E-state index in [2.05, 4.69) is 21.4 Å². The van der Waals surface area contributed by atoms with E-state index < -0.39 is 0 Å². The molecule has 0 aliphatic carbocycles. The average molecular weight is 365 g/mol. The Kier molecular flexibility index (Phi) is 4.54. The monoisotopic (exact) mass is 364 g/mol. The molecule has 0 saturated heterocycles. The number of amides is 1. The van der Waals surface area contributed by atoms with Gasteiger partial charge in [0.05, 0.1) is 16.3 Å². The van der Waals surface area contributed by atoms with Gasteiger partial charge in [0.1, 0.15) is 0 Å². The standard InChI is InChI=1S/C20H17ClN4O/c21-16-8-2-3-9-17(16)24-20-22-12-15(13-23-20)19(26)25-11-5-7-14-6-1-4-10-18(14)25/h1-4,6,8-10,12-13H,5,7,11H2,(H,22,23,24). The first-order chi connectivity index (χ1) is 12.7. The van der Waals surface area contributed by atoms with Gasteiger partial charge in [-0.2, -0.15) is 0 Å². The lowest BCUT2D eigenvalue weighted by Gasteiger charge is -2.29. The van der Waals surface area contributed by atoms with Gasteiger partial charge in [0, 0.05) is 24.6 Å². The zero-order valence-electron chi connectivity index (χ0n) is 14.0. The molecule has 0 bridgehead atoms. The number of hydrogen-bond donors (Lipinski definition) is 1. The van der Waals surface area contributed by atoms with E-state index in [1.54, 1.807) is 23.4 Å². The number of carbonyl (C=O) groups excluding carboxylic acids is 1. The molecule has 0 saturated carbocycles. The van der Waals surface area contributed by atoms with Crippen molar-refractivity contribution in [2.45, 2.75) is 12.8 Å². The van der Waals surface area contributed by atoms with E-state index in [0.29, 0.717) is 23.1 Å². The first-order valence-electron chi connectivity index (χ1n) is 8.46. The van der Waals surface area contributed by atoms with Crippen molar-refractivity contribution in [2.24, 2.45) is 0 Å². The zero-order chi connectivity index (χ0) is 17.9. The molecule has 130 valence electrons. The normalized spacial score (nSPS) is 13.2. The predicted molar refractivity (Wildman–Crippen MR) is 103 cm³/mol. The Bertz CT molecular complexity index is 943. The molecular formula is C20H17ClN4O. The van der Waals surface area contributed by atoms with E-state index in [1.807, 2.05) is 36.4 Å². The summed E-state index contributed by atoms with van der Waals surface area (Å²) in [6, 6.07) is 15.4. The highest BCUT2D eigenvalue weighted by Crippen LogP contribution is 2.28. The van der Waals surface area contributed by atoms with E-state index in [0.717, 1.165) is 24.2 Å². The van der Waals surface area contributed by atoms with Crippen LogP contribution in [0.1, 0.15) is 22.3 Å². The highest BCUT2D eigenvalue weighted by molar-refractivity contribution is 6.33. The number of carbonyl (C=O) groups is 1. The maximum atomic E-state index is 12.9. The summed E-state index contributed by atoms with van der Waals surface area (Å²) in [6.45, 7) is 0.704. The molecule has 0 unspecified atom stereocenters. The van der Waals surface area contributed by atoms with Gasteiger partial charge in [-0.15, -0.1) is 0 Å². The van der Waals surface area contributed by atoms with Crippen LogP contribution in [0, 0.1) is 0 Å². The molecule has 6 heteroatoms. The SMILES string of the molecule is O=C(c1cnc(Nc2ccccc2Cl)nc1)N1CCCc2ccccc21. The fourth-order valence-electron chi connectivity index (χ4n) is 3.09. The molecule has 26 heavy (non-hydrogen) atoms. The Morgan fingerprint density at radius 1 is 1.04 bits per heavy atom. The van der Waals surface area contributed by atoms with Crippen molar-refractivity contribution in [1.82, 2.24) is 9.97 Å². The van der Waals surface area contributed by atoms with E-state index >= 15 is 0 Å². The first kappa shape index (κ1) is 16.5. The van der Waals surface area contributed by atoms with Gasteiger partial charge in [-0.1, -0.05) is 41.9 Å². The molecule has 4 rings (SSSR count). The number of anilines is 3. The van der Waals surface area contributed by atoms with Gasteiger partial charge in [-0.3, -0.25) is 4.79 Å². The summed E-state index contributed by atoms with van der Waals surface area (Å²) in [5.41, 5.74) is 3.36. The first-order valence-corrected chi connectivity index (χ1v) is 8.83. The van der Waals surface area contributed by atoms with Crippen LogP contribution in [0.4, 0.5) is 17.3 Å². The summed E-state index contributed by atoms with van der Waals surface area (Å²) in [4.78, 5) is 23.2. The Balaban J connectivity index is 1.54. The fourth-order valence-corrected chi connectivity index (χ4v) is 3.27. The molecule has 0 radical (unpaired) electrons. The predicted octanol–water partition coefficient (Wildman–Crippen LogP) is 4.47. The second-order valence-corrected chi connectivity index (χ2v) is 6.50. The Morgan fingerprint density at radius 2 is 1.77 bits per heavy atom. The highest BCUT2D eigenvalue weighted by atomic mass is 35.5. The van der Waals surface area contributed by atoms with Crippen molar-refractivity contribution in [3.05, 3.63) is 77.1 Å². The highest BCUT2D eigenvalue weighted by Gasteiger charge is 2.23. The van der Waals surface area contributed by atoms with Crippen molar-refractivity contribution >= 4 is 34.8 Å². The second-order valence-electron chi connectivity index (χ2n) is 6.09.